The first kappa shape index (κ1) is 15.2. The summed E-state index contributed by atoms with van der Waals surface area (Å²) >= 11 is 0.720. The fourth-order valence-corrected chi connectivity index (χ4v) is 3.68. The minimum atomic E-state index is -4.08. The lowest BCUT2D eigenvalue weighted by molar-refractivity contribution is 0.0687. The summed E-state index contributed by atoms with van der Waals surface area (Å²) in [6.45, 7) is 2.05. The van der Waals surface area contributed by atoms with Crippen molar-refractivity contribution in [3.63, 3.8) is 0 Å². The third-order valence-electron chi connectivity index (χ3n) is 2.28. The average molecular weight is 329 g/mol. The number of carbonyl (C=O) groups is 1. The van der Waals surface area contributed by atoms with E-state index in [4.69, 9.17) is 9.84 Å². The predicted molar refractivity (Wildman–Crippen MR) is 75.3 cm³/mol. The molecule has 0 aliphatic carbocycles. The Morgan fingerprint density at radius 3 is 2.90 bits per heavy atom. The standard InChI is InChI=1S/C11H11N3O5S2/c1-2-19-9-7(4-3-5-12-9)14-21(17,18)11-8(10(15)16)13-6-20-11/h3-6,14H,2H2,1H3,(H,15,16). The Morgan fingerprint density at radius 2 is 2.24 bits per heavy atom. The monoisotopic (exact) mass is 329 g/mol. The van der Waals surface area contributed by atoms with Gasteiger partial charge in [0.1, 0.15) is 5.69 Å². The van der Waals surface area contributed by atoms with Crippen LogP contribution in [0.15, 0.2) is 28.0 Å². The van der Waals surface area contributed by atoms with Crippen molar-refractivity contribution in [2.24, 2.45) is 0 Å². The first-order chi connectivity index (χ1) is 9.95. The van der Waals surface area contributed by atoms with E-state index in [1.54, 1.807) is 6.92 Å². The summed E-state index contributed by atoms with van der Waals surface area (Å²) in [5.74, 6) is -1.29. The molecule has 0 radical (unpaired) electrons. The Hall–Kier alpha value is -2.20. The maximum atomic E-state index is 12.3. The van der Waals surface area contributed by atoms with E-state index in [-0.39, 0.29) is 15.8 Å². The van der Waals surface area contributed by atoms with Gasteiger partial charge in [0.2, 0.25) is 5.88 Å². The van der Waals surface area contributed by atoms with E-state index in [1.165, 1.54) is 18.3 Å². The zero-order chi connectivity index (χ0) is 15.5. The molecule has 2 rings (SSSR count). The molecule has 2 N–H and O–H groups in total. The minimum Gasteiger partial charge on any atom is -0.476 e. The number of sulfonamides is 1. The van der Waals surface area contributed by atoms with Crippen molar-refractivity contribution in [2.75, 3.05) is 11.3 Å². The fraction of sp³-hybridized carbons (Fsp3) is 0.182. The number of carboxylic acids is 1. The Kier molecular flexibility index (Phi) is 4.38. The van der Waals surface area contributed by atoms with Crippen LogP contribution in [0, 0.1) is 0 Å². The molecule has 0 saturated heterocycles. The van der Waals surface area contributed by atoms with Gasteiger partial charge in [-0.25, -0.2) is 23.2 Å². The van der Waals surface area contributed by atoms with Gasteiger partial charge < -0.3 is 9.84 Å². The van der Waals surface area contributed by atoms with Gasteiger partial charge in [0.15, 0.2) is 9.90 Å². The highest BCUT2D eigenvalue weighted by molar-refractivity contribution is 7.94. The summed E-state index contributed by atoms with van der Waals surface area (Å²) in [5, 5.41) is 8.94. The number of rotatable bonds is 6. The van der Waals surface area contributed by atoms with Crippen LogP contribution in [-0.2, 0) is 10.0 Å². The fourth-order valence-electron chi connectivity index (χ4n) is 1.48. The zero-order valence-electron chi connectivity index (χ0n) is 10.8. The molecule has 2 aromatic heterocycles. The first-order valence-electron chi connectivity index (χ1n) is 5.73. The molecule has 0 unspecified atom stereocenters. The molecule has 0 amide bonds. The lowest BCUT2D eigenvalue weighted by Crippen LogP contribution is -2.16. The smallest absolute Gasteiger partial charge is 0.356 e. The number of hydrogen-bond acceptors (Lipinski definition) is 7. The van der Waals surface area contributed by atoms with E-state index in [2.05, 4.69) is 14.7 Å². The third-order valence-corrected chi connectivity index (χ3v) is 5.01. The van der Waals surface area contributed by atoms with Gasteiger partial charge in [-0.15, -0.1) is 11.3 Å². The van der Waals surface area contributed by atoms with Crippen LogP contribution in [0.4, 0.5) is 5.69 Å². The summed E-state index contributed by atoms with van der Waals surface area (Å²) < 4.78 is 31.6. The number of ether oxygens (including phenoxy) is 1. The highest BCUT2D eigenvalue weighted by atomic mass is 32.2. The molecule has 10 heteroatoms. The molecular formula is C11H11N3O5S2. The van der Waals surface area contributed by atoms with Gasteiger partial charge in [0.25, 0.3) is 10.0 Å². The Bertz CT molecular complexity index is 757. The highest BCUT2D eigenvalue weighted by Crippen LogP contribution is 2.27. The molecule has 0 aliphatic rings. The second-order valence-corrected chi connectivity index (χ2v) is 6.42. The number of nitrogens with zero attached hydrogens (tertiary/aromatic N) is 2. The van der Waals surface area contributed by atoms with Crippen molar-refractivity contribution in [1.29, 1.82) is 0 Å². The van der Waals surface area contributed by atoms with Crippen LogP contribution in [0.25, 0.3) is 0 Å². The quantitative estimate of drug-likeness (QED) is 0.823. The largest absolute Gasteiger partial charge is 0.476 e. The van der Waals surface area contributed by atoms with Crippen molar-refractivity contribution < 1.29 is 23.1 Å². The van der Waals surface area contributed by atoms with E-state index in [0.717, 1.165) is 16.8 Å². The Labute approximate surface area is 124 Å². The van der Waals surface area contributed by atoms with E-state index in [1.807, 2.05) is 0 Å². The van der Waals surface area contributed by atoms with E-state index in [9.17, 15) is 13.2 Å². The maximum absolute atomic E-state index is 12.3. The maximum Gasteiger partial charge on any atom is 0.356 e. The van der Waals surface area contributed by atoms with Gasteiger partial charge in [0.05, 0.1) is 12.1 Å². The van der Waals surface area contributed by atoms with Crippen molar-refractivity contribution in [3.05, 3.63) is 29.5 Å². The number of anilines is 1. The first-order valence-corrected chi connectivity index (χ1v) is 8.09. The molecule has 0 saturated carbocycles. The molecule has 112 valence electrons. The number of aromatic carboxylic acids is 1. The third kappa shape index (κ3) is 3.28. The van der Waals surface area contributed by atoms with Crippen molar-refractivity contribution in [2.45, 2.75) is 11.1 Å². The molecule has 21 heavy (non-hydrogen) atoms. The number of pyridine rings is 1. The summed E-state index contributed by atoms with van der Waals surface area (Å²) in [7, 11) is -4.08. The molecule has 2 aromatic rings. The zero-order valence-corrected chi connectivity index (χ0v) is 12.4. The van der Waals surface area contributed by atoms with Crippen molar-refractivity contribution in [3.8, 4) is 5.88 Å². The molecule has 0 atom stereocenters. The lowest BCUT2D eigenvalue weighted by Gasteiger charge is -2.10. The SMILES string of the molecule is CCOc1ncccc1NS(=O)(=O)c1scnc1C(=O)O. The van der Waals surface area contributed by atoms with Crippen LogP contribution >= 0.6 is 11.3 Å². The Balaban J connectivity index is 2.38. The molecule has 2 heterocycles. The number of aromatic nitrogens is 2. The molecule has 0 aliphatic heterocycles. The summed E-state index contributed by atoms with van der Waals surface area (Å²) in [6, 6.07) is 3.00. The molecule has 8 nitrogen and oxygen atoms in total. The number of hydrogen-bond donors (Lipinski definition) is 2. The summed E-state index contributed by atoms with van der Waals surface area (Å²) in [6.07, 6.45) is 1.46. The second-order valence-electron chi connectivity index (χ2n) is 3.69. The van der Waals surface area contributed by atoms with Crippen LogP contribution in [0.1, 0.15) is 17.4 Å². The second kappa shape index (κ2) is 6.06. The van der Waals surface area contributed by atoms with Crippen molar-refractivity contribution in [1.82, 2.24) is 9.97 Å². The molecular weight excluding hydrogens is 318 g/mol. The van der Waals surface area contributed by atoms with Gasteiger partial charge in [-0.05, 0) is 19.1 Å². The van der Waals surface area contributed by atoms with Crippen LogP contribution in [-0.4, -0.2) is 36.1 Å². The van der Waals surface area contributed by atoms with Gasteiger partial charge in [-0.2, -0.15) is 0 Å². The molecule has 0 fully saturated rings. The minimum absolute atomic E-state index is 0.116. The van der Waals surface area contributed by atoms with Gasteiger partial charge in [-0.3, -0.25) is 4.72 Å². The summed E-state index contributed by atoms with van der Waals surface area (Å²) in [4.78, 5) is 18.4. The predicted octanol–water partition coefficient (Wildman–Crippen LogP) is 1.44. The molecule has 0 bridgehead atoms. The van der Waals surface area contributed by atoms with Crippen LogP contribution in [0.3, 0.4) is 0 Å². The highest BCUT2D eigenvalue weighted by Gasteiger charge is 2.26. The van der Waals surface area contributed by atoms with Crippen molar-refractivity contribution >= 4 is 33.0 Å². The summed E-state index contributed by atoms with van der Waals surface area (Å²) in [5.41, 5.74) is 0.767. The van der Waals surface area contributed by atoms with E-state index in [0.29, 0.717) is 6.61 Å². The molecule has 0 spiro atoms. The lowest BCUT2D eigenvalue weighted by atomic mass is 10.4. The average Bonchev–Trinajstić information content (AvgIpc) is 2.91. The number of carboxylic acid groups (broad SMARTS) is 1. The molecule has 0 aromatic carbocycles. The van der Waals surface area contributed by atoms with Crippen LogP contribution in [0.2, 0.25) is 0 Å². The van der Waals surface area contributed by atoms with Crippen LogP contribution in [0.5, 0.6) is 5.88 Å². The Morgan fingerprint density at radius 1 is 1.48 bits per heavy atom. The van der Waals surface area contributed by atoms with E-state index < -0.39 is 21.7 Å². The number of thiazole rings is 1. The normalized spacial score (nSPS) is 11.1. The number of nitrogens with one attached hydrogen (secondary N) is 1. The van der Waals surface area contributed by atoms with Gasteiger partial charge in [0, 0.05) is 6.20 Å². The van der Waals surface area contributed by atoms with Gasteiger partial charge in [-0.1, -0.05) is 0 Å². The topological polar surface area (TPSA) is 118 Å². The van der Waals surface area contributed by atoms with E-state index >= 15 is 0 Å². The van der Waals surface area contributed by atoms with Crippen LogP contribution < -0.4 is 9.46 Å². The van der Waals surface area contributed by atoms with Gasteiger partial charge >= 0.3 is 5.97 Å².